The highest BCUT2D eigenvalue weighted by atomic mass is 35.5. The minimum atomic E-state index is -0.248. The minimum Gasteiger partial charge on any atom is -0.497 e. The molecule has 0 N–H and O–H groups in total. The van der Waals surface area contributed by atoms with Gasteiger partial charge in [0.25, 0.3) is 0 Å². The molecule has 1 saturated heterocycles. The maximum atomic E-state index is 12.6. The van der Waals surface area contributed by atoms with Crippen LogP contribution in [0.15, 0.2) is 18.2 Å². The quantitative estimate of drug-likeness (QED) is 0.760. The van der Waals surface area contributed by atoms with E-state index in [1.54, 1.807) is 7.11 Å². The van der Waals surface area contributed by atoms with Crippen molar-refractivity contribution in [3.05, 3.63) is 29.3 Å². The Bertz CT molecular complexity index is 764. The van der Waals surface area contributed by atoms with Gasteiger partial charge < -0.3 is 9.47 Å². The summed E-state index contributed by atoms with van der Waals surface area (Å²) in [7, 11) is 3.61. The number of carbonyl (C=O) groups is 1. The molecule has 1 aromatic carbocycles. The standard InChI is InChI=1S/C23H31NO3.ClH/c1-26-19-7-6-17-12-21-23(27-2)9-8-18(25)14-22(23,20(17)13-19)10-11-24(21)15-16-4-3-5-16;/h6-7,13,16,21H,3-5,8-12,14-15H2,1-2H3;1H/t21-,22-,23?;/m1./s1. The van der Waals surface area contributed by atoms with Crippen LogP contribution in [0.4, 0.5) is 0 Å². The van der Waals surface area contributed by atoms with Gasteiger partial charge in [0.1, 0.15) is 11.5 Å². The number of piperidine rings is 1. The second kappa shape index (κ2) is 7.30. The second-order valence-corrected chi connectivity index (χ2v) is 9.18. The van der Waals surface area contributed by atoms with Crippen LogP contribution in [0.1, 0.15) is 56.1 Å². The first-order chi connectivity index (χ1) is 13.1. The first kappa shape index (κ1) is 20.2. The van der Waals surface area contributed by atoms with E-state index >= 15 is 0 Å². The van der Waals surface area contributed by atoms with Crippen molar-refractivity contribution >= 4 is 18.2 Å². The molecule has 4 nitrogen and oxygen atoms in total. The smallest absolute Gasteiger partial charge is 0.134 e. The van der Waals surface area contributed by atoms with Crippen LogP contribution in [0.3, 0.4) is 0 Å². The van der Waals surface area contributed by atoms with Crippen LogP contribution in [0.25, 0.3) is 0 Å². The molecular weight excluding hydrogens is 374 g/mol. The van der Waals surface area contributed by atoms with Crippen molar-refractivity contribution in [1.29, 1.82) is 0 Å². The molecule has 0 amide bonds. The van der Waals surface area contributed by atoms with E-state index in [9.17, 15) is 4.79 Å². The summed E-state index contributed by atoms with van der Waals surface area (Å²) >= 11 is 0. The van der Waals surface area contributed by atoms with E-state index in [1.165, 1.54) is 36.9 Å². The number of nitrogens with zero attached hydrogens (tertiary/aromatic N) is 1. The van der Waals surface area contributed by atoms with Gasteiger partial charge in [-0.2, -0.15) is 0 Å². The average molecular weight is 406 g/mol. The number of ether oxygens (including phenoxy) is 2. The van der Waals surface area contributed by atoms with Crippen molar-refractivity contribution < 1.29 is 14.3 Å². The molecule has 3 aliphatic carbocycles. The Hall–Kier alpha value is -1.10. The number of carbonyl (C=O) groups excluding carboxylic acids is 1. The van der Waals surface area contributed by atoms with Crippen molar-refractivity contribution in [1.82, 2.24) is 4.90 Å². The molecule has 0 spiro atoms. The Kier molecular flexibility index (Phi) is 5.26. The summed E-state index contributed by atoms with van der Waals surface area (Å²) in [5, 5.41) is 0. The van der Waals surface area contributed by atoms with Gasteiger partial charge in [0.05, 0.1) is 12.7 Å². The number of hydrogen-bond acceptors (Lipinski definition) is 4. The molecule has 3 fully saturated rings. The Balaban J connectivity index is 0.00000192. The number of benzene rings is 1. The number of ketones is 1. The van der Waals surface area contributed by atoms with E-state index in [0.29, 0.717) is 24.7 Å². The number of methoxy groups -OCH3 is 2. The molecule has 2 bridgehead atoms. The maximum Gasteiger partial charge on any atom is 0.134 e. The van der Waals surface area contributed by atoms with Gasteiger partial charge in [0.2, 0.25) is 0 Å². The Morgan fingerprint density at radius 1 is 1.21 bits per heavy atom. The van der Waals surface area contributed by atoms with Gasteiger partial charge in [-0.15, -0.1) is 12.4 Å². The molecule has 1 heterocycles. The molecule has 1 aliphatic heterocycles. The van der Waals surface area contributed by atoms with E-state index < -0.39 is 0 Å². The van der Waals surface area contributed by atoms with E-state index in [4.69, 9.17) is 9.47 Å². The van der Waals surface area contributed by atoms with Gasteiger partial charge in [-0.05, 0) is 67.8 Å². The number of likely N-dealkylation sites (tertiary alicyclic amines) is 1. The summed E-state index contributed by atoms with van der Waals surface area (Å²) in [6, 6.07) is 6.88. The highest BCUT2D eigenvalue weighted by Gasteiger charge is 2.65. The lowest BCUT2D eigenvalue weighted by Gasteiger charge is -2.65. The first-order valence-corrected chi connectivity index (χ1v) is 10.6. The molecule has 4 aliphatic rings. The first-order valence-electron chi connectivity index (χ1n) is 10.6. The van der Waals surface area contributed by atoms with Crippen LogP contribution in [0, 0.1) is 5.92 Å². The third-order valence-electron chi connectivity index (χ3n) is 8.22. The largest absolute Gasteiger partial charge is 0.497 e. The van der Waals surface area contributed by atoms with Crippen LogP contribution >= 0.6 is 12.4 Å². The molecule has 1 aromatic rings. The summed E-state index contributed by atoms with van der Waals surface area (Å²) in [5.41, 5.74) is 2.26. The Morgan fingerprint density at radius 2 is 2.04 bits per heavy atom. The van der Waals surface area contributed by atoms with Crippen LogP contribution in [0.5, 0.6) is 5.75 Å². The summed E-state index contributed by atoms with van der Waals surface area (Å²) in [4.78, 5) is 15.4. The second-order valence-electron chi connectivity index (χ2n) is 9.18. The number of fused-ring (bicyclic) bond motifs is 1. The number of Topliss-reactive ketones (excluding diaryl/α,β-unsaturated/α-hetero) is 1. The minimum absolute atomic E-state index is 0. The lowest BCUT2D eigenvalue weighted by molar-refractivity contribution is -0.189. The number of halogens is 1. The van der Waals surface area contributed by atoms with E-state index in [1.807, 2.05) is 7.11 Å². The van der Waals surface area contributed by atoms with E-state index in [2.05, 4.69) is 23.1 Å². The summed E-state index contributed by atoms with van der Waals surface area (Å²) in [5.74, 6) is 2.14. The third-order valence-corrected chi connectivity index (χ3v) is 8.22. The molecule has 0 aromatic heterocycles. The van der Waals surface area contributed by atoms with Gasteiger partial charge in [0.15, 0.2) is 0 Å². The fraction of sp³-hybridized carbons (Fsp3) is 0.696. The Labute approximate surface area is 174 Å². The molecule has 2 saturated carbocycles. The average Bonchev–Trinajstić information content (AvgIpc) is 2.65. The maximum absolute atomic E-state index is 12.6. The lowest BCUT2D eigenvalue weighted by Crippen LogP contribution is -2.74. The molecule has 5 heteroatoms. The fourth-order valence-electron chi connectivity index (χ4n) is 6.63. The zero-order chi connectivity index (χ0) is 18.6. The predicted molar refractivity (Wildman–Crippen MR) is 112 cm³/mol. The molecule has 5 rings (SSSR count). The monoisotopic (exact) mass is 405 g/mol. The summed E-state index contributed by atoms with van der Waals surface area (Å²) < 4.78 is 12.0. The van der Waals surface area contributed by atoms with Crippen LogP contribution in [0.2, 0.25) is 0 Å². The third kappa shape index (κ3) is 2.68. The highest BCUT2D eigenvalue weighted by Crippen LogP contribution is 2.59. The van der Waals surface area contributed by atoms with Gasteiger partial charge in [-0.25, -0.2) is 0 Å². The van der Waals surface area contributed by atoms with Crippen LogP contribution < -0.4 is 4.74 Å². The zero-order valence-electron chi connectivity index (χ0n) is 17.0. The molecular formula is C23H32ClNO3. The van der Waals surface area contributed by atoms with Crippen molar-refractivity contribution in [3.63, 3.8) is 0 Å². The predicted octanol–water partition coefficient (Wildman–Crippen LogP) is 3.92. The summed E-state index contributed by atoms with van der Waals surface area (Å²) in [6.45, 7) is 2.28. The van der Waals surface area contributed by atoms with Crippen molar-refractivity contribution in [2.24, 2.45) is 5.92 Å². The Morgan fingerprint density at radius 3 is 2.71 bits per heavy atom. The molecule has 1 unspecified atom stereocenters. The fourth-order valence-corrected chi connectivity index (χ4v) is 6.63. The van der Waals surface area contributed by atoms with Crippen LogP contribution in [-0.2, 0) is 21.4 Å². The van der Waals surface area contributed by atoms with Crippen molar-refractivity contribution in [2.45, 2.75) is 68.4 Å². The van der Waals surface area contributed by atoms with Crippen molar-refractivity contribution in [3.8, 4) is 5.75 Å². The molecule has 28 heavy (non-hydrogen) atoms. The van der Waals surface area contributed by atoms with Gasteiger partial charge in [-0.3, -0.25) is 9.69 Å². The molecule has 3 atom stereocenters. The highest BCUT2D eigenvalue weighted by molar-refractivity contribution is 5.85. The molecule has 154 valence electrons. The topological polar surface area (TPSA) is 38.8 Å². The normalized spacial score (nSPS) is 34.6. The summed E-state index contributed by atoms with van der Waals surface area (Å²) in [6.07, 6.45) is 8.30. The van der Waals surface area contributed by atoms with Crippen molar-refractivity contribution in [2.75, 3.05) is 27.3 Å². The lowest BCUT2D eigenvalue weighted by atomic mass is 9.49. The zero-order valence-corrected chi connectivity index (χ0v) is 17.9. The van der Waals surface area contributed by atoms with Gasteiger partial charge in [0, 0.05) is 38.0 Å². The van der Waals surface area contributed by atoms with Gasteiger partial charge in [-0.1, -0.05) is 12.5 Å². The van der Waals surface area contributed by atoms with E-state index in [0.717, 1.165) is 37.5 Å². The SMILES string of the molecule is COc1ccc2c(c1)[C@]13CCN(CC4CCC4)[C@H](C2)C1(OC)CCC(=O)C3.Cl. The molecule has 0 radical (unpaired) electrons. The van der Waals surface area contributed by atoms with E-state index in [-0.39, 0.29) is 23.4 Å². The number of hydrogen-bond donors (Lipinski definition) is 0. The number of rotatable bonds is 4. The van der Waals surface area contributed by atoms with Crippen LogP contribution in [-0.4, -0.2) is 49.6 Å². The van der Waals surface area contributed by atoms with Gasteiger partial charge >= 0.3 is 0 Å².